The van der Waals surface area contributed by atoms with Crippen LogP contribution in [0.1, 0.15) is 12.5 Å². The molecule has 0 bridgehead atoms. The van der Waals surface area contributed by atoms with Crippen LogP contribution in [-0.4, -0.2) is 17.6 Å². The average molecular weight is 272 g/mol. The SMILES string of the molecule is CC1(c2ccccc2OC(F)F)NC(=S)NC1=O. The Balaban J connectivity index is 2.44. The molecule has 1 heterocycles. The summed E-state index contributed by atoms with van der Waals surface area (Å²) in [5.41, 5.74) is -0.898. The predicted molar refractivity (Wildman–Crippen MR) is 64.3 cm³/mol. The molecule has 7 heteroatoms. The highest BCUT2D eigenvalue weighted by atomic mass is 32.1. The first-order valence-electron chi connectivity index (χ1n) is 5.11. The van der Waals surface area contributed by atoms with Gasteiger partial charge in [-0.05, 0) is 25.2 Å². The summed E-state index contributed by atoms with van der Waals surface area (Å²) in [6.45, 7) is -1.40. The van der Waals surface area contributed by atoms with E-state index in [1.165, 1.54) is 12.1 Å². The number of amides is 1. The minimum atomic E-state index is -2.95. The van der Waals surface area contributed by atoms with Gasteiger partial charge in [-0.1, -0.05) is 18.2 Å². The molecule has 1 aromatic rings. The van der Waals surface area contributed by atoms with E-state index in [0.29, 0.717) is 5.56 Å². The van der Waals surface area contributed by atoms with Crippen molar-refractivity contribution in [2.75, 3.05) is 0 Å². The fraction of sp³-hybridized carbons (Fsp3) is 0.273. The summed E-state index contributed by atoms with van der Waals surface area (Å²) in [5, 5.41) is 5.34. The molecule has 4 nitrogen and oxygen atoms in total. The molecule has 1 unspecified atom stereocenters. The minimum Gasteiger partial charge on any atom is -0.434 e. The first-order valence-corrected chi connectivity index (χ1v) is 5.52. The molecule has 1 saturated heterocycles. The Hall–Kier alpha value is -1.76. The van der Waals surface area contributed by atoms with Gasteiger partial charge < -0.3 is 15.4 Å². The summed E-state index contributed by atoms with van der Waals surface area (Å²) in [7, 11) is 0. The quantitative estimate of drug-likeness (QED) is 0.819. The van der Waals surface area contributed by atoms with E-state index in [2.05, 4.69) is 15.4 Å². The van der Waals surface area contributed by atoms with E-state index in [1.54, 1.807) is 19.1 Å². The molecule has 1 amide bonds. The molecule has 1 aliphatic heterocycles. The number of carbonyl (C=O) groups excluding carboxylic acids is 1. The van der Waals surface area contributed by atoms with Crippen molar-refractivity contribution >= 4 is 23.2 Å². The molecule has 1 fully saturated rings. The lowest BCUT2D eigenvalue weighted by atomic mass is 9.91. The van der Waals surface area contributed by atoms with Gasteiger partial charge in [-0.25, -0.2) is 0 Å². The van der Waals surface area contributed by atoms with Crippen LogP contribution in [0.25, 0.3) is 0 Å². The molecule has 2 rings (SSSR count). The van der Waals surface area contributed by atoms with Crippen LogP contribution in [0.4, 0.5) is 8.78 Å². The maximum absolute atomic E-state index is 12.3. The Bertz CT molecular complexity index is 510. The number of hydrogen-bond acceptors (Lipinski definition) is 3. The lowest BCUT2D eigenvalue weighted by Crippen LogP contribution is -2.40. The third kappa shape index (κ3) is 2.13. The number of rotatable bonds is 3. The molecular weight excluding hydrogens is 262 g/mol. The minimum absolute atomic E-state index is 0.0534. The highest BCUT2D eigenvalue weighted by Gasteiger charge is 2.43. The number of para-hydroxylation sites is 1. The number of halogens is 2. The van der Waals surface area contributed by atoms with Crippen molar-refractivity contribution in [2.24, 2.45) is 0 Å². The number of nitrogens with one attached hydrogen (secondary N) is 2. The van der Waals surface area contributed by atoms with Gasteiger partial charge in [0.15, 0.2) is 5.11 Å². The first kappa shape index (κ1) is 12.7. The summed E-state index contributed by atoms with van der Waals surface area (Å²) >= 11 is 4.84. The van der Waals surface area contributed by atoms with Gasteiger partial charge in [0.05, 0.1) is 0 Å². The number of thiocarbonyl (C=S) groups is 1. The molecule has 0 aliphatic carbocycles. The van der Waals surface area contributed by atoms with Crippen LogP contribution in [0.5, 0.6) is 5.75 Å². The maximum Gasteiger partial charge on any atom is 0.387 e. The summed E-state index contributed by atoms with van der Waals surface area (Å²) in [4.78, 5) is 11.8. The van der Waals surface area contributed by atoms with Crippen molar-refractivity contribution in [1.29, 1.82) is 0 Å². The highest BCUT2D eigenvalue weighted by Crippen LogP contribution is 2.32. The topological polar surface area (TPSA) is 50.4 Å². The summed E-state index contributed by atoms with van der Waals surface area (Å²) in [5.74, 6) is -0.458. The van der Waals surface area contributed by atoms with Gasteiger partial charge in [-0.2, -0.15) is 8.78 Å². The lowest BCUT2D eigenvalue weighted by molar-refractivity contribution is -0.123. The molecule has 0 radical (unpaired) electrons. The van der Waals surface area contributed by atoms with Crippen LogP contribution < -0.4 is 15.4 Å². The van der Waals surface area contributed by atoms with Crippen LogP contribution >= 0.6 is 12.2 Å². The molecule has 1 aliphatic rings. The number of carbonyl (C=O) groups is 1. The van der Waals surface area contributed by atoms with E-state index in [1.807, 2.05) is 0 Å². The third-order valence-electron chi connectivity index (χ3n) is 2.69. The smallest absolute Gasteiger partial charge is 0.387 e. The molecule has 0 spiro atoms. The highest BCUT2D eigenvalue weighted by molar-refractivity contribution is 7.80. The zero-order chi connectivity index (χ0) is 13.3. The number of alkyl halides is 2. The largest absolute Gasteiger partial charge is 0.434 e. The van der Waals surface area contributed by atoms with E-state index >= 15 is 0 Å². The molecule has 96 valence electrons. The van der Waals surface area contributed by atoms with Gasteiger partial charge in [0, 0.05) is 5.56 Å². The fourth-order valence-corrected chi connectivity index (χ4v) is 2.11. The zero-order valence-electron chi connectivity index (χ0n) is 9.37. The molecule has 0 saturated carbocycles. The van der Waals surface area contributed by atoms with Crippen molar-refractivity contribution in [3.63, 3.8) is 0 Å². The molecular formula is C11H10F2N2O2S. The number of ether oxygens (including phenoxy) is 1. The van der Waals surface area contributed by atoms with Crippen molar-refractivity contribution < 1.29 is 18.3 Å². The second-order valence-electron chi connectivity index (χ2n) is 3.91. The standard InChI is InChI=1S/C11H10F2N2O2S/c1-11(8(16)14-10(18)15-11)6-4-2-3-5-7(6)17-9(12)13/h2-5,9H,1H3,(H2,14,15,16,18). The van der Waals surface area contributed by atoms with Gasteiger partial charge in [0.25, 0.3) is 5.91 Å². The van der Waals surface area contributed by atoms with Crippen LogP contribution in [0, 0.1) is 0 Å². The second kappa shape index (κ2) is 4.49. The van der Waals surface area contributed by atoms with E-state index in [0.717, 1.165) is 0 Å². The predicted octanol–water partition coefficient (Wildman–Crippen LogP) is 1.51. The molecule has 18 heavy (non-hydrogen) atoms. The van der Waals surface area contributed by atoms with Gasteiger partial charge in [0.1, 0.15) is 11.3 Å². The van der Waals surface area contributed by atoms with Crippen LogP contribution in [0.3, 0.4) is 0 Å². The lowest BCUT2D eigenvalue weighted by Gasteiger charge is -2.24. The average Bonchev–Trinajstić information content (AvgIpc) is 2.53. The number of benzene rings is 1. The monoisotopic (exact) mass is 272 g/mol. The normalized spacial score (nSPS) is 22.9. The molecule has 1 aromatic carbocycles. The summed E-state index contributed by atoms with van der Waals surface area (Å²) in [6.07, 6.45) is 0. The van der Waals surface area contributed by atoms with E-state index in [4.69, 9.17) is 12.2 Å². The van der Waals surface area contributed by atoms with Crippen LogP contribution in [0.2, 0.25) is 0 Å². The van der Waals surface area contributed by atoms with Gasteiger partial charge in [-0.15, -0.1) is 0 Å². The van der Waals surface area contributed by atoms with E-state index in [9.17, 15) is 13.6 Å². The third-order valence-corrected chi connectivity index (χ3v) is 2.89. The van der Waals surface area contributed by atoms with Gasteiger partial charge >= 0.3 is 6.61 Å². The molecule has 0 aromatic heterocycles. The van der Waals surface area contributed by atoms with Crippen molar-refractivity contribution in [2.45, 2.75) is 19.1 Å². The van der Waals surface area contributed by atoms with E-state index < -0.39 is 18.1 Å². The Morgan fingerprint density at radius 1 is 1.39 bits per heavy atom. The van der Waals surface area contributed by atoms with Crippen LogP contribution in [-0.2, 0) is 10.3 Å². The van der Waals surface area contributed by atoms with Gasteiger partial charge in [-0.3, -0.25) is 4.79 Å². The Morgan fingerprint density at radius 3 is 2.61 bits per heavy atom. The Morgan fingerprint density at radius 2 is 2.06 bits per heavy atom. The molecule has 2 N–H and O–H groups in total. The first-order chi connectivity index (χ1) is 8.43. The van der Waals surface area contributed by atoms with Crippen LogP contribution in [0.15, 0.2) is 24.3 Å². The second-order valence-corrected chi connectivity index (χ2v) is 4.32. The van der Waals surface area contributed by atoms with Crippen molar-refractivity contribution in [1.82, 2.24) is 10.6 Å². The fourth-order valence-electron chi connectivity index (χ4n) is 1.81. The van der Waals surface area contributed by atoms with Gasteiger partial charge in [0.2, 0.25) is 0 Å². The maximum atomic E-state index is 12.3. The summed E-state index contributed by atoms with van der Waals surface area (Å²) < 4.78 is 29.0. The Labute approximate surface area is 107 Å². The number of hydrogen-bond donors (Lipinski definition) is 2. The van der Waals surface area contributed by atoms with Crippen molar-refractivity contribution in [3.05, 3.63) is 29.8 Å². The molecule has 1 atom stereocenters. The zero-order valence-corrected chi connectivity index (χ0v) is 10.2. The van der Waals surface area contributed by atoms with Crippen molar-refractivity contribution in [3.8, 4) is 5.75 Å². The van der Waals surface area contributed by atoms with E-state index in [-0.39, 0.29) is 10.9 Å². The Kier molecular flexibility index (Phi) is 3.16. The summed E-state index contributed by atoms with van der Waals surface area (Å²) in [6, 6.07) is 6.10.